The van der Waals surface area contributed by atoms with Gasteiger partial charge in [0.1, 0.15) is 0 Å². The summed E-state index contributed by atoms with van der Waals surface area (Å²) >= 11 is 5.98. The summed E-state index contributed by atoms with van der Waals surface area (Å²) in [5.74, 6) is 0.417. The van der Waals surface area contributed by atoms with Gasteiger partial charge in [0.05, 0.1) is 11.3 Å². The summed E-state index contributed by atoms with van der Waals surface area (Å²) < 4.78 is 0. The van der Waals surface area contributed by atoms with Crippen molar-refractivity contribution in [3.8, 4) is 11.3 Å². The number of piperazine rings is 1. The molecule has 0 spiro atoms. The molecule has 8 nitrogen and oxygen atoms in total. The molecule has 5 rings (SSSR count). The number of nitrogens with zero attached hydrogens (tertiary/aromatic N) is 4. The number of aromatic nitrogens is 3. The summed E-state index contributed by atoms with van der Waals surface area (Å²) in [4.78, 5) is 41.6. The van der Waals surface area contributed by atoms with Crippen LogP contribution in [0.3, 0.4) is 0 Å². The van der Waals surface area contributed by atoms with Crippen molar-refractivity contribution in [3.63, 3.8) is 0 Å². The number of aromatic amines is 1. The van der Waals surface area contributed by atoms with Crippen LogP contribution in [0.5, 0.6) is 0 Å². The fourth-order valence-corrected chi connectivity index (χ4v) is 4.56. The van der Waals surface area contributed by atoms with Crippen molar-refractivity contribution in [1.82, 2.24) is 24.8 Å². The van der Waals surface area contributed by atoms with Crippen molar-refractivity contribution in [3.05, 3.63) is 94.4 Å². The summed E-state index contributed by atoms with van der Waals surface area (Å²) in [6, 6.07) is 18.4. The van der Waals surface area contributed by atoms with E-state index in [1.807, 2.05) is 67.3 Å². The highest BCUT2D eigenvalue weighted by molar-refractivity contribution is 6.30. The largest absolute Gasteiger partial charge is 0.362 e. The average molecular weight is 515 g/mol. The number of anilines is 2. The lowest BCUT2D eigenvalue weighted by molar-refractivity contribution is 0.0535. The zero-order valence-electron chi connectivity index (χ0n) is 20.7. The molecule has 188 valence electrons. The molecule has 0 unspecified atom stereocenters. The summed E-state index contributed by atoms with van der Waals surface area (Å²) in [6.07, 6.45) is 1.69. The van der Waals surface area contributed by atoms with E-state index in [9.17, 15) is 9.59 Å². The molecule has 1 saturated heterocycles. The number of H-pyrrole nitrogens is 1. The van der Waals surface area contributed by atoms with Gasteiger partial charge >= 0.3 is 0 Å². The Morgan fingerprint density at radius 1 is 0.892 bits per heavy atom. The third-order valence-corrected chi connectivity index (χ3v) is 6.67. The molecule has 9 heteroatoms. The van der Waals surface area contributed by atoms with Crippen LogP contribution in [0.1, 0.15) is 32.1 Å². The van der Waals surface area contributed by atoms with Crippen LogP contribution in [0.25, 0.3) is 11.3 Å². The Morgan fingerprint density at radius 3 is 2.16 bits per heavy atom. The van der Waals surface area contributed by atoms with E-state index in [0.717, 1.165) is 28.3 Å². The second-order valence-corrected chi connectivity index (χ2v) is 9.49. The molecule has 2 aromatic heterocycles. The van der Waals surface area contributed by atoms with Gasteiger partial charge in [-0.1, -0.05) is 23.7 Å². The summed E-state index contributed by atoms with van der Waals surface area (Å²) in [5, 5.41) is 3.86. The summed E-state index contributed by atoms with van der Waals surface area (Å²) in [7, 11) is 0. The molecule has 1 aliphatic rings. The van der Waals surface area contributed by atoms with Crippen molar-refractivity contribution in [2.24, 2.45) is 0 Å². The van der Waals surface area contributed by atoms with Gasteiger partial charge in [0.2, 0.25) is 5.95 Å². The maximum Gasteiger partial charge on any atom is 0.255 e. The van der Waals surface area contributed by atoms with Gasteiger partial charge in [0.25, 0.3) is 11.8 Å². The van der Waals surface area contributed by atoms with E-state index in [1.165, 1.54) is 0 Å². The molecule has 0 radical (unpaired) electrons. The van der Waals surface area contributed by atoms with Crippen LogP contribution in [0.4, 0.5) is 11.6 Å². The Balaban J connectivity index is 1.19. The van der Waals surface area contributed by atoms with Gasteiger partial charge in [-0.25, -0.2) is 9.97 Å². The molecule has 2 N–H and O–H groups in total. The van der Waals surface area contributed by atoms with E-state index < -0.39 is 0 Å². The van der Waals surface area contributed by atoms with Crippen molar-refractivity contribution in [1.29, 1.82) is 0 Å². The number of carbonyl (C=O) groups is 2. The van der Waals surface area contributed by atoms with Crippen LogP contribution < -0.4 is 5.32 Å². The first-order chi connectivity index (χ1) is 17.9. The molecular weight excluding hydrogens is 488 g/mol. The minimum Gasteiger partial charge on any atom is -0.362 e. The SMILES string of the molecule is Cc1cc(C(=O)N2CCN(C(=O)c3ccc(Nc4nccc(-c5ccc(Cl)cc5)n4)cc3)CC2)c(C)[nH]1. The summed E-state index contributed by atoms with van der Waals surface area (Å²) in [5.41, 5.74) is 5.63. The van der Waals surface area contributed by atoms with Gasteiger partial charge in [0.15, 0.2) is 0 Å². The first kappa shape index (κ1) is 24.5. The smallest absolute Gasteiger partial charge is 0.255 e. The number of halogens is 1. The average Bonchev–Trinajstić information content (AvgIpc) is 3.26. The number of hydrogen-bond acceptors (Lipinski definition) is 5. The molecular formula is C28H27ClN6O2. The number of carbonyl (C=O) groups excluding carboxylic acids is 2. The Morgan fingerprint density at radius 2 is 1.54 bits per heavy atom. The molecule has 1 fully saturated rings. The van der Waals surface area contributed by atoms with Crippen molar-refractivity contribution in [2.45, 2.75) is 13.8 Å². The lowest BCUT2D eigenvalue weighted by atomic mass is 10.1. The standard InChI is InChI=1S/C28H27ClN6O2/c1-18-17-24(19(2)31-18)27(37)35-15-13-34(14-16-35)26(36)21-5-9-23(10-6-21)32-28-30-12-11-25(33-28)20-3-7-22(29)8-4-20/h3-12,17,31H,13-16H2,1-2H3,(H,30,32,33). The maximum absolute atomic E-state index is 13.1. The molecule has 3 heterocycles. The normalized spacial score (nSPS) is 13.5. The van der Waals surface area contributed by atoms with Gasteiger partial charge in [-0.05, 0) is 62.4 Å². The third kappa shape index (κ3) is 5.49. The molecule has 2 amide bonds. The Hall–Kier alpha value is -4.17. The fraction of sp³-hybridized carbons (Fsp3) is 0.214. The van der Waals surface area contributed by atoms with E-state index in [1.54, 1.807) is 23.2 Å². The molecule has 0 saturated carbocycles. The molecule has 2 aromatic carbocycles. The number of aryl methyl sites for hydroxylation is 2. The van der Waals surface area contributed by atoms with Crippen LogP contribution in [0, 0.1) is 13.8 Å². The van der Waals surface area contributed by atoms with Crippen LogP contribution in [-0.2, 0) is 0 Å². The van der Waals surface area contributed by atoms with E-state index in [4.69, 9.17) is 11.6 Å². The first-order valence-electron chi connectivity index (χ1n) is 12.1. The van der Waals surface area contributed by atoms with Crippen molar-refractivity contribution in [2.75, 3.05) is 31.5 Å². The minimum absolute atomic E-state index is 0.00623. The Kier molecular flexibility index (Phi) is 6.92. The van der Waals surface area contributed by atoms with E-state index in [-0.39, 0.29) is 11.8 Å². The molecule has 4 aromatic rings. The monoisotopic (exact) mass is 514 g/mol. The maximum atomic E-state index is 13.1. The number of amides is 2. The highest BCUT2D eigenvalue weighted by atomic mass is 35.5. The second kappa shape index (κ2) is 10.4. The van der Waals surface area contributed by atoms with E-state index in [0.29, 0.717) is 48.3 Å². The Bertz CT molecular complexity index is 1420. The van der Waals surface area contributed by atoms with Gasteiger partial charge < -0.3 is 20.1 Å². The van der Waals surface area contributed by atoms with Gasteiger partial charge in [-0.3, -0.25) is 9.59 Å². The number of benzene rings is 2. The van der Waals surface area contributed by atoms with Crippen LogP contribution in [0.2, 0.25) is 5.02 Å². The van der Waals surface area contributed by atoms with Crippen molar-refractivity contribution >= 4 is 35.1 Å². The number of rotatable bonds is 5. The molecule has 0 atom stereocenters. The highest BCUT2D eigenvalue weighted by Gasteiger charge is 2.26. The lowest BCUT2D eigenvalue weighted by Gasteiger charge is -2.34. The van der Waals surface area contributed by atoms with E-state index >= 15 is 0 Å². The zero-order valence-corrected chi connectivity index (χ0v) is 21.4. The summed E-state index contributed by atoms with van der Waals surface area (Å²) in [6.45, 7) is 5.86. The first-order valence-corrected chi connectivity index (χ1v) is 12.5. The van der Waals surface area contributed by atoms with E-state index in [2.05, 4.69) is 20.3 Å². The quantitative estimate of drug-likeness (QED) is 0.387. The van der Waals surface area contributed by atoms with Crippen LogP contribution in [0.15, 0.2) is 66.9 Å². The second-order valence-electron chi connectivity index (χ2n) is 9.05. The predicted octanol–water partition coefficient (Wildman–Crippen LogP) is 5.08. The van der Waals surface area contributed by atoms with Gasteiger partial charge in [-0.2, -0.15) is 0 Å². The van der Waals surface area contributed by atoms with Crippen LogP contribution >= 0.6 is 11.6 Å². The molecule has 1 aliphatic heterocycles. The predicted molar refractivity (Wildman–Crippen MR) is 144 cm³/mol. The van der Waals surface area contributed by atoms with Crippen LogP contribution in [-0.4, -0.2) is 62.7 Å². The lowest BCUT2D eigenvalue weighted by Crippen LogP contribution is -2.50. The number of nitrogens with one attached hydrogen (secondary N) is 2. The fourth-order valence-electron chi connectivity index (χ4n) is 4.44. The molecule has 0 bridgehead atoms. The Labute approximate surface area is 220 Å². The number of hydrogen-bond donors (Lipinski definition) is 2. The van der Waals surface area contributed by atoms with Gasteiger partial charge in [-0.15, -0.1) is 0 Å². The third-order valence-electron chi connectivity index (χ3n) is 6.42. The molecule has 37 heavy (non-hydrogen) atoms. The van der Waals surface area contributed by atoms with Crippen molar-refractivity contribution < 1.29 is 9.59 Å². The van der Waals surface area contributed by atoms with Gasteiger partial charge in [0, 0.05) is 65.6 Å². The zero-order chi connectivity index (χ0) is 25.9. The highest BCUT2D eigenvalue weighted by Crippen LogP contribution is 2.22. The minimum atomic E-state index is -0.0479. The molecule has 0 aliphatic carbocycles. The topological polar surface area (TPSA) is 94.2 Å².